The van der Waals surface area contributed by atoms with E-state index in [1.807, 2.05) is 37.3 Å². The predicted molar refractivity (Wildman–Crippen MR) is 86.0 cm³/mol. The van der Waals surface area contributed by atoms with Crippen LogP contribution in [0.2, 0.25) is 0 Å². The van der Waals surface area contributed by atoms with Crippen molar-refractivity contribution in [3.05, 3.63) is 65.7 Å². The third-order valence-electron chi connectivity index (χ3n) is 3.23. The molecular weight excluding hydrogens is 306 g/mol. The summed E-state index contributed by atoms with van der Waals surface area (Å²) in [4.78, 5) is 0.267. The second kappa shape index (κ2) is 7.07. The van der Waals surface area contributed by atoms with Crippen LogP contribution in [0.4, 0.5) is 0 Å². The van der Waals surface area contributed by atoms with Crippen molar-refractivity contribution < 1.29 is 8.42 Å². The summed E-state index contributed by atoms with van der Waals surface area (Å²) < 4.78 is 27.6. The first kappa shape index (κ1) is 16.0. The number of sulfonamides is 1. The van der Waals surface area contributed by atoms with Gasteiger partial charge in [0.05, 0.1) is 4.90 Å². The Hall–Kier alpha value is -1.36. The largest absolute Gasteiger partial charge is 0.241 e. The molecule has 3 nitrogen and oxygen atoms in total. The monoisotopic (exact) mass is 323 g/mol. The van der Waals surface area contributed by atoms with Gasteiger partial charge in [0.2, 0.25) is 10.0 Å². The number of hydrogen-bond donors (Lipinski definition) is 1. The van der Waals surface area contributed by atoms with Crippen molar-refractivity contribution in [1.29, 1.82) is 0 Å². The van der Waals surface area contributed by atoms with Gasteiger partial charge in [-0.2, -0.15) is 0 Å². The van der Waals surface area contributed by atoms with Gasteiger partial charge in [-0.05, 0) is 31.0 Å². The fraction of sp³-hybridized carbons (Fsp3) is 0.250. The number of aryl methyl sites for hydroxylation is 1. The van der Waals surface area contributed by atoms with Crippen LogP contribution < -0.4 is 4.72 Å². The van der Waals surface area contributed by atoms with Gasteiger partial charge in [-0.15, -0.1) is 11.6 Å². The van der Waals surface area contributed by atoms with Gasteiger partial charge >= 0.3 is 0 Å². The molecule has 2 rings (SSSR count). The van der Waals surface area contributed by atoms with Gasteiger partial charge in [-0.25, -0.2) is 13.1 Å². The number of rotatable bonds is 6. The molecule has 1 atom stereocenters. The lowest BCUT2D eigenvalue weighted by atomic mass is 10.1. The quantitative estimate of drug-likeness (QED) is 0.825. The van der Waals surface area contributed by atoms with Gasteiger partial charge in [0, 0.05) is 11.9 Å². The Morgan fingerprint density at radius 3 is 2.24 bits per heavy atom. The van der Waals surface area contributed by atoms with Gasteiger partial charge in [0.1, 0.15) is 0 Å². The average molecular weight is 324 g/mol. The summed E-state index contributed by atoms with van der Waals surface area (Å²) in [5, 5.41) is 0. The van der Waals surface area contributed by atoms with E-state index in [9.17, 15) is 8.42 Å². The number of hydrogen-bond acceptors (Lipinski definition) is 2. The maximum absolute atomic E-state index is 12.4. The Labute approximate surface area is 131 Å². The van der Waals surface area contributed by atoms with Crippen LogP contribution in [0.5, 0.6) is 0 Å². The lowest BCUT2D eigenvalue weighted by Gasteiger charge is -2.18. The van der Waals surface area contributed by atoms with Crippen molar-refractivity contribution in [1.82, 2.24) is 4.72 Å². The number of nitrogens with one attached hydrogen (secondary N) is 1. The van der Waals surface area contributed by atoms with Crippen LogP contribution >= 0.6 is 11.6 Å². The lowest BCUT2D eigenvalue weighted by molar-refractivity contribution is 0.551. The fourth-order valence-electron chi connectivity index (χ4n) is 2.06. The predicted octanol–water partition coefficient (Wildman–Crippen LogP) is 3.64. The summed E-state index contributed by atoms with van der Waals surface area (Å²) in [6.07, 6.45) is 0.538. The zero-order valence-corrected chi connectivity index (χ0v) is 13.4. The number of alkyl halides is 1. The Morgan fingerprint density at radius 1 is 1.05 bits per heavy atom. The van der Waals surface area contributed by atoms with Crippen LogP contribution in [0.1, 0.15) is 23.6 Å². The molecule has 0 spiro atoms. The molecule has 0 fully saturated rings. The van der Waals surface area contributed by atoms with E-state index in [2.05, 4.69) is 4.72 Å². The number of benzene rings is 2. The minimum atomic E-state index is -3.56. The van der Waals surface area contributed by atoms with Crippen molar-refractivity contribution in [3.8, 4) is 0 Å². The highest BCUT2D eigenvalue weighted by Gasteiger charge is 2.20. The van der Waals surface area contributed by atoms with Gasteiger partial charge in [-0.1, -0.05) is 48.0 Å². The maximum atomic E-state index is 12.4. The molecule has 0 bridgehead atoms. The van der Waals surface area contributed by atoms with E-state index < -0.39 is 10.0 Å². The molecule has 5 heteroatoms. The van der Waals surface area contributed by atoms with E-state index in [1.54, 1.807) is 24.3 Å². The van der Waals surface area contributed by atoms with Crippen molar-refractivity contribution >= 4 is 21.6 Å². The third-order valence-corrected chi connectivity index (χ3v) is 4.93. The van der Waals surface area contributed by atoms with Gasteiger partial charge in [-0.3, -0.25) is 0 Å². The Bertz CT molecular complexity index is 669. The summed E-state index contributed by atoms with van der Waals surface area (Å²) >= 11 is 5.81. The molecule has 0 aliphatic rings. The minimum Gasteiger partial charge on any atom is -0.207 e. The zero-order chi connectivity index (χ0) is 15.3. The van der Waals surface area contributed by atoms with Crippen molar-refractivity contribution in [2.75, 3.05) is 5.88 Å². The molecule has 2 aromatic carbocycles. The third kappa shape index (κ3) is 4.30. The summed E-state index contributed by atoms with van der Waals surface area (Å²) in [6.45, 7) is 1.92. The lowest BCUT2D eigenvalue weighted by Crippen LogP contribution is -2.29. The molecule has 0 unspecified atom stereocenters. The first-order valence-corrected chi connectivity index (χ1v) is 8.74. The first-order chi connectivity index (χ1) is 10.0. The first-order valence-electron chi connectivity index (χ1n) is 6.73. The number of halogens is 1. The highest BCUT2D eigenvalue weighted by molar-refractivity contribution is 7.89. The van der Waals surface area contributed by atoms with Crippen molar-refractivity contribution in [2.45, 2.75) is 24.3 Å². The molecule has 0 radical (unpaired) electrons. The maximum Gasteiger partial charge on any atom is 0.241 e. The van der Waals surface area contributed by atoms with E-state index in [1.165, 1.54) is 0 Å². The average Bonchev–Trinajstić information content (AvgIpc) is 2.48. The zero-order valence-electron chi connectivity index (χ0n) is 11.8. The summed E-state index contributed by atoms with van der Waals surface area (Å²) in [7, 11) is -3.56. The Morgan fingerprint density at radius 2 is 1.67 bits per heavy atom. The molecule has 0 amide bonds. The second-order valence-electron chi connectivity index (χ2n) is 4.88. The molecule has 0 aliphatic carbocycles. The fourth-order valence-corrected chi connectivity index (χ4v) is 3.54. The highest BCUT2D eigenvalue weighted by atomic mass is 35.5. The summed E-state index contributed by atoms with van der Waals surface area (Å²) in [5.41, 5.74) is 1.93. The molecule has 0 saturated heterocycles. The van der Waals surface area contributed by atoms with Crippen LogP contribution in [-0.4, -0.2) is 14.3 Å². The van der Waals surface area contributed by atoms with Gasteiger partial charge in [0.25, 0.3) is 0 Å². The molecule has 0 aliphatic heterocycles. The molecule has 0 saturated carbocycles. The van der Waals surface area contributed by atoms with E-state index in [4.69, 9.17) is 11.6 Å². The summed E-state index contributed by atoms with van der Waals surface area (Å²) in [5.74, 6) is 0.385. The molecule has 0 heterocycles. The molecule has 0 aromatic heterocycles. The van der Waals surface area contributed by atoms with Crippen LogP contribution in [-0.2, 0) is 10.0 Å². The standard InChI is InChI=1S/C16H18ClNO2S/c1-13-7-9-15(10-8-13)21(19,20)18-16(11-12-17)14-5-3-2-4-6-14/h2-10,16,18H,11-12H2,1H3/t16-/m1/s1. The van der Waals surface area contributed by atoms with E-state index in [0.29, 0.717) is 12.3 Å². The van der Waals surface area contributed by atoms with Crippen LogP contribution in [0, 0.1) is 6.92 Å². The van der Waals surface area contributed by atoms with Crippen LogP contribution in [0.3, 0.4) is 0 Å². The van der Waals surface area contributed by atoms with E-state index >= 15 is 0 Å². The Balaban J connectivity index is 2.25. The van der Waals surface area contributed by atoms with Crippen molar-refractivity contribution in [3.63, 3.8) is 0 Å². The van der Waals surface area contributed by atoms with E-state index in [0.717, 1.165) is 11.1 Å². The molecule has 112 valence electrons. The molecular formula is C16H18ClNO2S. The molecule has 1 N–H and O–H groups in total. The second-order valence-corrected chi connectivity index (χ2v) is 6.97. The molecule has 21 heavy (non-hydrogen) atoms. The normalized spacial score (nSPS) is 13.0. The van der Waals surface area contributed by atoms with Gasteiger partial charge in [0.15, 0.2) is 0 Å². The summed E-state index contributed by atoms with van der Waals surface area (Å²) in [6, 6.07) is 15.9. The SMILES string of the molecule is Cc1ccc(S(=O)(=O)N[C@H](CCCl)c2ccccc2)cc1. The van der Waals surface area contributed by atoms with Crippen molar-refractivity contribution in [2.24, 2.45) is 0 Å². The van der Waals surface area contributed by atoms with Gasteiger partial charge < -0.3 is 0 Å². The highest BCUT2D eigenvalue weighted by Crippen LogP contribution is 2.21. The smallest absolute Gasteiger partial charge is 0.207 e. The van der Waals surface area contributed by atoms with E-state index in [-0.39, 0.29) is 10.9 Å². The van der Waals surface area contributed by atoms with Crippen LogP contribution in [0.15, 0.2) is 59.5 Å². The topological polar surface area (TPSA) is 46.2 Å². The Kier molecular flexibility index (Phi) is 5.39. The minimum absolute atomic E-state index is 0.267. The van der Waals surface area contributed by atoms with Crippen LogP contribution in [0.25, 0.3) is 0 Å². The molecule has 2 aromatic rings.